The largest absolute Gasteiger partial charge is 0.497 e. The van der Waals surface area contributed by atoms with Gasteiger partial charge in [-0.3, -0.25) is 10.1 Å². The topological polar surface area (TPSA) is 100 Å². The highest BCUT2D eigenvalue weighted by molar-refractivity contribution is 14.0. The van der Waals surface area contributed by atoms with Crippen LogP contribution in [0, 0.1) is 0 Å². The minimum Gasteiger partial charge on any atom is -0.497 e. The fraction of sp³-hybridized carbons (Fsp3) is 0.300. The number of pyridine rings is 1. The van der Waals surface area contributed by atoms with E-state index in [1.165, 1.54) is 0 Å². The third-order valence-electron chi connectivity index (χ3n) is 4.01. The number of methoxy groups -OCH3 is 1. The van der Waals surface area contributed by atoms with E-state index in [4.69, 9.17) is 4.74 Å². The fourth-order valence-electron chi connectivity index (χ4n) is 2.59. The molecule has 0 aliphatic rings. The molecule has 0 aliphatic heterocycles. The van der Waals surface area contributed by atoms with Crippen LogP contribution in [0.4, 0.5) is 0 Å². The maximum atomic E-state index is 5.17. The van der Waals surface area contributed by atoms with Crippen LogP contribution in [0.1, 0.15) is 18.4 Å². The van der Waals surface area contributed by atoms with E-state index >= 15 is 0 Å². The van der Waals surface area contributed by atoms with Crippen LogP contribution in [0.3, 0.4) is 0 Å². The average Bonchev–Trinajstić information content (AvgIpc) is 3.22. The normalized spacial score (nSPS) is 10.9. The third-order valence-corrected chi connectivity index (χ3v) is 4.01. The van der Waals surface area contributed by atoms with Gasteiger partial charge in [-0.1, -0.05) is 6.07 Å². The maximum Gasteiger partial charge on any atom is 0.191 e. The molecule has 0 fully saturated rings. The molecule has 0 aliphatic carbocycles. The minimum absolute atomic E-state index is 0. The molecule has 0 saturated carbocycles. The second-order valence-electron chi connectivity index (χ2n) is 6.03. The first-order valence-electron chi connectivity index (χ1n) is 9.26. The molecule has 3 aromatic rings. The number of nitrogens with zero attached hydrogens (tertiary/aromatic N) is 4. The Morgan fingerprint density at radius 1 is 1.14 bits per heavy atom. The number of aliphatic imine (C=N–C) groups is 1. The minimum atomic E-state index is 0. The molecule has 154 valence electrons. The molecule has 0 amide bonds. The second kappa shape index (κ2) is 12.0. The molecule has 0 atom stereocenters. The molecule has 3 rings (SSSR count). The van der Waals surface area contributed by atoms with Crippen molar-refractivity contribution in [2.45, 2.75) is 19.9 Å². The molecular formula is C20H26IN7O. The standard InChI is InChI=1S/C20H25N7O.HI/c1-3-21-20(23-13-11-16-6-4-5-12-22-16)24-14-18-25-19(27-26-18)15-7-9-17(28-2)10-8-15;/h4-10,12H,3,11,13-14H2,1-2H3,(H2,21,23,24)(H,25,26,27);1H. The molecule has 3 N–H and O–H groups in total. The summed E-state index contributed by atoms with van der Waals surface area (Å²) in [5.41, 5.74) is 1.97. The summed E-state index contributed by atoms with van der Waals surface area (Å²) in [5, 5.41) is 13.8. The van der Waals surface area contributed by atoms with Gasteiger partial charge < -0.3 is 15.4 Å². The van der Waals surface area contributed by atoms with Gasteiger partial charge in [0.25, 0.3) is 0 Å². The van der Waals surface area contributed by atoms with E-state index in [0.717, 1.165) is 42.5 Å². The van der Waals surface area contributed by atoms with Crippen molar-refractivity contribution >= 4 is 29.9 Å². The van der Waals surface area contributed by atoms with Gasteiger partial charge >= 0.3 is 0 Å². The number of H-pyrrole nitrogens is 1. The lowest BCUT2D eigenvalue weighted by Crippen LogP contribution is -2.38. The Bertz CT molecular complexity index is 881. The van der Waals surface area contributed by atoms with Gasteiger partial charge in [-0.05, 0) is 43.3 Å². The Morgan fingerprint density at radius 2 is 1.97 bits per heavy atom. The first-order chi connectivity index (χ1) is 13.8. The maximum absolute atomic E-state index is 5.17. The lowest BCUT2D eigenvalue weighted by Gasteiger charge is -2.10. The Labute approximate surface area is 187 Å². The van der Waals surface area contributed by atoms with Gasteiger partial charge in [0.05, 0.1) is 7.11 Å². The monoisotopic (exact) mass is 507 g/mol. The molecule has 0 saturated heterocycles. The average molecular weight is 507 g/mol. The van der Waals surface area contributed by atoms with Crippen LogP contribution in [0.2, 0.25) is 0 Å². The summed E-state index contributed by atoms with van der Waals surface area (Å²) in [7, 11) is 1.64. The fourth-order valence-corrected chi connectivity index (χ4v) is 2.59. The molecule has 0 bridgehead atoms. The van der Waals surface area contributed by atoms with Gasteiger partial charge in [0.1, 0.15) is 18.1 Å². The van der Waals surface area contributed by atoms with Crippen molar-refractivity contribution in [2.24, 2.45) is 4.99 Å². The summed E-state index contributed by atoms with van der Waals surface area (Å²) >= 11 is 0. The van der Waals surface area contributed by atoms with Crippen molar-refractivity contribution in [3.63, 3.8) is 0 Å². The number of aromatic nitrogens is 4. The highest BCUT2D eigenvalue weighted by atomic mass is 127. The van der Waals surface area contributed by atoms with E-state index in [1.807, 2.05) is 49.4 Å². The summed E-state index contributed by atoms with van der Waals surface area (Å²) in [5.74, 6) is 2.88. The van der Waals surface area contributed by atoms with E-state index in [1.54, 1.807) is 13.3 Å². The number of halogens is 1. The predicted octanol–water partition coefficient (Wildman–Crippen LogP) is 2.79. The summed E-state index contributed by atoms with van der Waals surface area (Å²) in [6.45, 7) is 3.97. The highest BCUT2D eigenvalue weighted by Crippen LogP contribution is 2.18. The molecule has 8 nitrogen and oxygen atoms in total. The van der Waals surface area contributed by atoms with Crippen molar-refractivity contribution in [1.82, 2.24) is 30.8 Å². The van der Waals surface area contributed by atoms with Gasteiger partial charge in [0.15, 0.2) is 11.8 Å². The number of guanidine groups is 1. The highest BCUT2D eigenvalue weighted by Gasteiger charge is 2.06. The second-order valence-corrected chi connectivity index (χ2v) is 6.03. The zero-order valence-electron chi connectivity index (χ0n) is 16.6. The smallest absolute Gasteiger partial charge is 0.191 e. The van der Waals surface area contributed by atoms with Crippen LogP contribution in [0.15, 0.2) is 53.7 Å². The van der Waals surface area contributed by atoms with E-state index in [2.05, 4.69) is 35.8 Å². The number of hydrogen-bond donors (Lipinski definition) is 3. The molecular weight excluding hydrogens is 481 g/mol. The number of benzene rings is 1. The molecule has 0 unspecified atom stereocenters. The van der Waals surface area contributed by atoms with Gasteiger partial charge in [-0.15, -0.1) is 24.0 Å². The molecule has 2 heterocycles. The summed E-state index contributed by atoms with van der Waals surface area (Å²) < 4.78 is 5.17. The van der Waals surface area contributed by atoms with Crippen LogP contribution in [-0.2, 0) is 13.0 Å². The molecule has 0 spiro atoms. The zero-order chi connectivity index (χ0) is 19.6. The van der Waals surface area contributed by atoms with E-state index in [0.29, 0.717) is 18.2 Å². The Balaban J connectivity index is 0.00000300. The number of rotatable bonds is 8. The lowest BCUT2D eigenvalue weighted by atomic mass is 10.2. The van der Waals surface area contributed by atoms with Crippen molar-refractivity contribution < 1.29 is 4.74 Å². The predicted molar refractivity (Wildman–Crippen MR) is 125 cm³/mol. The Kier molecular flexibility index (Phi) is 9.35. The lowest BCUT2D eigenvalue weighted by molar-refractivity contribution is 0.415. The first kappa shape index (κ1) is 22.6. The van der Waals surface area contributed by atoms with Crippen molar-refractivity contribution in [1.29, 1.82) is 0 Å². The SMILES string of the molecule is CCNC(=NCc1nc(-c2ccc(OC)cc2)n[nH]1)NCCc1ccccn1.I. The van der Waals surface area contributed by atoms with E-state index in [-0.39, 0.29) is 24.0 Å². The van der Waals surface area contributed by atoms with Gasteiger partial charge in [-0.25, -0.2) is 9.98 Å². The zero-order valence-corrected chi connectivity index (χ0v) is 18.9. The molecule has 1 aromatic carbocycles. The first-order valence-corrected chi connectivity index (χ1v) is 9.26. The van der Waals surface area contributed by atoms with Crippen LogP contribution >= 0.6 is 24.0 Å². The quantitative estimate of drug-likeness (QED) is 0.247. The van der Waals surface area contributed by atoms with Gasteiger partial charge in [0, 0.05) is 37.0 Å². The third kappa shape index (κ3) is 7.00. The number of nitrogens with one attached hydrogen (secondary N) is 3. The molecule has 9 heteroatoms. The van der Waals surface area contributed by atoms with Crippen LogP contribution in [0.25, 0.3) is 11.4 Å². The molecule has 2 aromatic heterocycles. The van der Waals surface area contributed by atoms with E-state index < -0.39 is 0 Å². The summed E-state index contributed by atoms with van der Waals surface area (Å²) in [6, 6.07) is 13.6. The molecule has 0 radical (unpaired) electrons. The Hall–Kier alpha value is -2.69. The van der Waals surface area contributed by atoms with Crippen molar-refractivity contribution in [3.8, 4) is 17.1 Å². The summed E-state index contributed by atoms with van der Waals surface area (Å²) in [4.78, 5) is 13.4. The van der Waals surface area contributed by atoms with E-state index in [9.17, 15) is 0 Å². The van der Waals surface area contributed by atoms with Crippen LogP contribution < -0.4 is 15.4 Å². The van der Waals surface area contributed by atoms with Crippen molar-refractivity contribution in [3.05, 3.63) is 60.2 Å². The number of aromatic amines is 1. The molecule has 29 heavy (non-hydrogen) atoms. The van der Waals surface area contributed by atoms with Crippen LogP contribution in [0.5, 0.6) is 5.75 Å². The Morgan fingerprint density at radius 3 is 2.66 bits per heavy atom. The van der Waals surface area contributed by atoms with Gasteiger partial charge in [-0.2, -0.15) is 5.10 Å². The van der Waals surface area contributed by atoms with Gasteiger partial charge in [0.2, 0.25) is 0 Å². The van der Waals surface area contributed by atoms with Crippen molar-refractivity contribution in [2.75, 3.05) is 20.2 Å². The number of ether oxygens (including phenoxy) is 1. The van der Waals surface area contributed by atoms with Crippen LogP contribution in [-0.4, -0.2) is 46.3 Å². The number of hydrogen-bond acceptors (Lipinski definition) is 5. The summed E-state index contributed by atoms with van der Waals surface area (Å²) in [6.07, 6.45) is 2.63.